The van der Waals surface area contributed by atoms with Gasteiger partial charge in [0.15, 0.2) is 0 Å². The van der Waals surface area contributed by atoms with E-state index in [0.29, 0.717) is 11.5 Å². The van der Waals surface area contributed by atoms with Crippen LogP contribution in [0.2, 0.25) is 0 Å². The predicted molar refractivity (Wildman–Crippen MR) is 56.6 cm³/mol. The van der Waals surface area contributed by atoms with Crippen LogP contribution in [0.4, 0.5) is 11.5 Å². The molecule has 0 bridgehead atoms. The molecule has 5 nitrogen and oxygen atoms in total. The van der Waals surface area contributed by atoms with Gasteiger partial charge >= 0.3 is 0 Å². The van der Waals surface area contributed by atoms with Crippen LogP contribution in [-0.2, 0) is 0 Å². The largest absolute Gasteiger partial charge is 0.396 e. The molecule has 2 heterocycles. The van der Waals surface area contributed by atoms with Crippen molar-refractivity contribution in [1.82, 2.24) is 10.3 Å². The van der Waals surface area contributed by atoms with E-state index in [2.05, 4.69) is 10.3 Å². The molecule has 0 amide bonds. The van der Waals surface area contributed by atoms with Crippen LogP contribution in [0.5, 0.6) is 0 Å². The van der Waals surface area contributed by atoms with Gasteiger partial charge in [-0.05, 0) is 25.1 Å². The molecular weight excluding hydrogens is 180 g/mol. The summed E-state index contributed by atoms with van der Waals surface area (Å²) in [5.74, 6) is 0.396. The van der Waals surface area contributed by atoms with Crippen molar-refractivity contribution in [3.63, 3.8) is 0 Å². The van der Waals surface area contributed by atoms with Gasteiger partial charge in [-0.15, -0.1) is 0 Å². The van der Waals surface area contributed by atoms with Crippen molar-refractivity contribution in [3.05, 3.63) is 18.3 Å². The van der Waals surface area contributed by atoms with Gasteiger partial charge in [0.25, 0.3) is 0 Å². The summed E-state index contributed by atoms with van der Waals surface area (Å²) in [6.45, 7) is 1.78. The van der Waals surface area contributed by atoms with Crippen LogP contribution in [-0.4, -0.2) is 29.3 Å². The second kappa shape index (κ2) is 5.41. The second-order valence-corrected chi connectivity index (χ2v) is 3.12. The summed E-state index contributed by atoms with van der Waals surface area (Å²) in [6, 6.07) is 3.45. The van der Waals surface area contributed by atoms with Crippen LogP contribution in [0.3, 0.4) is 0 Å². The molecule has 1 saturated heterocycles. The van der Waals surface area contributed by atoms with Gasteiger partial charge in [-0.3, -0.25) is 0 Å². The normalized spacial score (nSPS) is 19.9. The van der Waals surface area contributed by atoms with Gasteiger partial charge in [0.2, 0.25) is 0 Å². The number of pyridine rings is 1. The van der Waals surface area contributed by atoms with Crippen molar-refractivity contribution in [3.8, 4) is 0 Å². The van der Waals surface area contributed by atoms with E-state index in [1.807, 2.05) is 0 Å². The minimum Gasteiger partial charge on any atom is -0.396 e. The first-order chi connectivity index (χ1) is 6.70. The van der Waals surface area contributed by atoms with E-state index in [0.717, 1.165) is 19.5 Å². The number of aromatic nitrogens is 1. The standard InChI is InChI=1S/C5H7N3.C4H9NO/c6-4-2-1-3-8-5(4)7;6-4-1-2-5-3-4/h1-3H,6H2,(H2,7,8);4-6H,1-3H2/t;4-/m.1/s1. The SMILES string of the molecule is Nc1cccnc1N.O[C@@H]1CCNC1. The molecule has 1 aliphatic rings. The van der Waals surface area contributed by atoms with Crippen molar-refractivity contribution >= 4 is 11.5 Å². The minimum atomic E-state index is -0.0648. The Labute approximate surface area is 83.1 Å². The number of nitrogens with two attached hydrogens (primary N) is 2. The molecule has 0 saturated carbocycles. The van der Waals surface area contributed by atoms with Crippen LogP contribution in [0.1, 0.15) is 6.42 Å². The maximum Gasteiger partial charge on any atom is 0.146 e. The monoisotopic (exact) mass is 196 g/mol. The average Bonchev–Trinajstić information content (AvgIpc) is 2.63. The molecule has 0 aromatic carbocycles. The molecule has 2 rings (SSSR count). The first kappa shape index (κ1) is 10.7. The lowest BCUT2D eigenvalue weighted by Crippen LogP contribution is -2.11. The van der Waals surface area contributed by atoms with Crippen molar-refractivity contribution in [1.29, 1.82) is 0 Å². The van der Waals surface area contributed by atoms with Crippen molar-refractivity contribution < 1.29 is 5.11 Å². The highest BCUT2D eigenvalue weighted by atomic mass is 16.3. The summed E-state index contributed by atoms with van der Waals surface area (Å²) in [6.07, 6.45) is 2.47. The molecule has 0 radical (unpaired) electrons. The number of nitrogens with one attached hydrogen (secondary N) is 1. The zero-order valence-electron chi connectivity index (χ0n) is 7.98. The number of nitrogen functional groups attached to an aromatic ring is 2. The fourth-order valence-electron chi connectivity index (χ4n) is 1.07. The molecule has 14 heavy (non-hydrogen) atoms. The molecule has 1 fully saturated rings. The first-order valence-electron chi connectivity index (χ1n) is 4.55. The highest BCUT2D eigenvalue weighted by molar-refractivity contribution is 5.56. The molecule has 0 aliphatic carbocycles. The summed E-state index contributed by atoms with van der Waals surface area (Å²) in [5.41, 5.74) is 11.2. The Hall–Kier alpha value is -1.33. The summed E-state index contributed by atoms with van der Waals surface area (Å²) in [7, 11) is 0. The van der Waals surface area contributed by atoms with Gasteiger partial charge in [0.05, 0.1) is 11.8 Å². The highest BCUT2D eigenvalue weighted by Crippen LogP contribution is 2.06. The molecule has 0 spiro atoms. The highest BCUT2D eigenvalue weighted by Gasteiger charge is 2.08. The molecule has 0 unspecified atom stereocenters. The van der Waals surface area contributed by atoms with E-state index in [9.17, 15) is 0 Å². The Bertz CT molecular complexity index is 252. The van der Waals surface area contributed by atoms with Crippen LogP contribution >= 0.6 is 0 Å². The number of aliphatic hydroxyl groups excluding tert-OH is 1. The van der Waals surface area contributed by atoms with Gasteiger partial charge < -0.3 is 21.9 Å². The fourth-order valence-corrected chi connectivity index (χ4v) is 1.07. The van der Waals surface area contributed by atoms with E-state index >= 15 is 0 Å². The quantitative estimate of drug-likeness (QED) is 0.452. The predicted octanol–water partition coefficient (Wildman–Crippen LogP) is -0.413. The van der Waals surface area contributed by atoms with Gasteiger partial charge in [0.1, 0.15) is 5.82 Å². The molecule has 5 heteroatoms. The minimum absolute atomic E-state index is 0.0648. The lowest BCUT2D eigenvalue weighted by atomic mass is 10.3. The Morgan fingerprint density at radius 1 is 1.50 bits per heavy atom. The molecule has 6 N–H and O–H groups in total. The lowest BCUT2D eigenvalue weighted by Gasteiger charge is -1.92. The number of β-amino-alcohol motifs (C(OH)–C–C–N with tert-alkyl or cyclic N) is 1. The Morgan fingerprint density at radius 3 is 2.57 bits per heavy atom. The van der Waals surface area contributed by atoms with Crippen LogP contribution < -0.4 is 16.8 Å². The number of hydrogen-bond donors (Lipinski definition) is 4. The van der Waals surface area contributed by atoms with E-state index in [-0.39, 0.29) is 6.10 Å². The van der Waals surface area contributed by atoms with Crippen molar-refractivity contribution in [2.45, 2.75) is 12.5 Å². The molecule has 1 aliphatic heterocycles. The van der Waals surface area contributed by atoms with Crippen molar-refractivity contribution in [2.75, 3.05) is 24.6 Å². The Kier molecular flexibility index (Phi) is 4.15. The second-order valence-electron chi connectivity index (χ2n) is 3.12. The number of hydrogen-bond acceptors (Lipinski definition) is 5. The van der Waals surface area contributed by atoms with Crippen LogP contribution in [0, 0.1) is 0 Å². The van der Waals surface area contributed by atoms with Gasteiger partial charge in [-0.1, -0.05) is 0 Å². The molecule has 78 valence electrons. The van der Waals surface area contributed by atoms with E-state index in [1.54, 1.807) is 18.3 Å². The summed E-state index contributed by atoms with van der Waals surface area (Å²) in [5, 5.41) is 11.7. The number of aliphatic hydroxyl groups is 1. The van der Waals surface area contributed by atoms with Crippen LogP contribution in [0.25, 0.3) is 0 Å². The Balaban J connectivity index is 0.000000146. The van der Waals surface area contributed by atoms with Crippen molar-refractivity contribution in [2.24, 2.45) is 0 Å². The van der Waals surface area contributed by atoms with Gasteiger partial charge in [-0.2, -0.15) is 0 Å². The number of nitrogens with zero attached hydrogens (tertiary/aromatic N) is 1. The average molecular weight is 196 g/mol. The summed E-state index contributed by atoms with van der Waals surface area (Å²) >= 11 is 0. The third-order valence-corrected chi connectivity index (χ3v) is 1.91. The van der Waals surface area contributed by atoms with E-state index < -0.39 is 0 Å². The van der Waals surface area contributed by atoms with Gasteiger partial charge in [0, 0.05) is 12.7 Å². The van der Waals surface area contributed by atoms with Gasteiger partial charge in [-0.25, -0.2) is 4.98 Å². The maximum atomic E-state index is 8.67. The summed E-state index contributed by atoms with van der Waals surface area (Å²) in [4.78, 5) is 3.73. The van der Waals surface area contributed by atoms with E-state index in [1.165, 1.54) is 0 Å². The molecular formula is C9H16N4O. The Morgan fingerprint density at radius 2 is 2.29 bits per heavy atom. The van der Waals surface area contributed by atoms with E-state index in [4.69, 9.17) is 16.6 Å². The molecule has 1 aromatic heterocycles. The number of anilines is 2. The fraction of sp³-hybridized carbons (Fsp3) is 0.444. The molecule has 1 atom stereocenters. The lowest BCUT2D eigenvalue weighted by molar-refractivity contribution is 0.196. The topological polar surface area (TPSA) is 97.2 Å². The third-order valence-electron chi connectivity index (χ3n) is 1.91. The maximum absolute atomic E-state index is 8.67. The smallest absolute Gasteiger partial charge is 0.146 e. The first-order valence-corrected chi connectivity index (χ1v) is 4.55. The molecule has 1 aromatic rings. The zero-order chi connectivity index (χ0) is 10.4. The number of rotatable bonds is 0. The third kappa shape index (κ3) is 3.59. The summed E-state index contributed by atoms with van der Waals surface area (Å²) < 4.78 is 0. The van der Waals surface area contributed by atoms with Crippen LogP contribution in [0.15, 0.2) is 18.3 Å². The zero-order valence-corrected chi connectivity index (χ0v) is 7.98.